The van der Waals surface area contributed by atoms with Gasteiger partial charge >= 0.3 is 0 Å². The molecule has 0 bridgehead atoms. The lowest BCUT2D eigenvalue weighted by molar-refractivity contribution is -0.149. The van der Waals surface area contributed by atoms with Crippen LogP contribution < -0.4 is 0 Å². The van der Waals surface area contributed by atoms with Crippen molar-refractivity contribution in [2.75, 3.05) is 6.61 Å². The van der Waals surface area contributed by atoms with Gasteiger partial charge in [0.2, 0.25) is 0 Å². The predicted molar refractivity (Wildman–Crippen MR) is 133 cm³/mol. The minimum atomic E-state index is 0.179. The highest BCUT2D eigenvalue weighted by molar-refractivity contribution is 5.33. The number of hydrogen-bond acceptors (Lipinski definition) is 1. The van der Waals surface area contributed by atoms with Crippen LogP contribution in [0.2, 0.25) is 0 Å². The third kappa shape index (κ3) is 3.11. The van der Waals surface area contributed by atoms with E-state index in [2.05, 4.69) is 61.1 Å². The van der Waals surface area contributed by atoms with E-state index in [1.54, 1.807) is 5.57 Å². The Morgan fingerprint density at radius 2 is 1.77 bits per heavy atom. The summed E-state index contributed by atoms with van der Waals surface area (Å²) in [5.74, 6) is 3.86. The second-order valence-corrected chi connectivity index (χ2v) is 13.5. The Balaban J connectivity index is 1.76. The van der Waals surface area contributed by atoms with Crippen molar-refractivity contribution < 1.29 is 5.11 Å². The lowest BCUT2D eigenvalue weighted by Gasteiger charge is -2.67. The molecule has 4 aliphatic rings. The molecular weight excluding hydrogens is 376 g/mol. The molecule has 1 nitrogen and oxygen atoms in total. The molecule has 0 aromatic heterocycles. The van der Waals surface area contributed by atoms with Crippen LogP contribution in [0.4, 0.5) is 0 Å². The van der Waals surface area contributed by atoms with E-state index in [0.717, 1.165) is 30.6 Å². The maximum atomic E-state index is 9.67. The molecule has 1 heteroatoms. The van der Waals surface area contributed by atoms with E-state index >= 15 is 0 Å². The number of fused-ring (bicyclic) bond motifs is 5. The minimum absolute atomic E-state index is 0.179. The van der Waals surface area contributed by atoms with E-state index in [1.807, 2.05) is 0 Å². The monoisotopic (exact) mass is 426 g/mol. The molecule has 3 fully saturated rings. The molecule has 176 valence electrons. The van der Waals surface area contributed by atoms with Gasteiger partial charge in [0.05, 0.1) is 0 Å². The highest BCUT2D eigenvalue weighted by atomic mass is 16.2. The van der Waals surface area contributed by atoms with Crippen molar-refractivity contribution in [2.24, 2.45) is 51.2 Å². The standard InChI is InChI=1S/C30H50O/c1-20(2)22-10-11-25-24(27(22,5)15-9-19-31)14-16-30(8)26-13-12-23(21(3)4)28(26,6)17-18-29(25,30)7/h14,21-23,25-26,31H,1,9-13,15-19H2,2-8H3/t22-,23+,25+,26+,27-,28+,29+,30-/m0/s1. The van der Waals surface area contributed by atoms with Crippen molar-refractivity contribution in [3.05, 3.63) is 23.8 Å². The molecule has 0 aliphatic heterocycles. The summed E-state index contributed by atoms with van der Waals surface area (Å²) in [6.07, 6.45) is 14.3. The molecule has 0 aromatic rings. The fourth-order valence-electron chi connectivity index (χ4n) is 10.2. The SMILES string of the molecule is C=C(C)[C@@H]1CC[C@@H]2C(=CC[C@@]3(C)[C@@H]4CC[C@H](C(C)C)[C@@]4(C)CC[C@]23C)[C@@]1(C)CCCO. The smallest absolute Gasteiger partial charge is 0.0431 e. The van der Waals surface area contributed by atoms with Gasteiger partial charge in [-0.25, -0.2) is 0 Å². The van der Waals surface area contributed by atoms with Crippen molar-refractivity contribution in [1.29, 1.82) is 0 Å². The number of hydrogen-bond donors (Lipinski definition) is 1. The first-order valence-electron chi connectivity index (χ1n) is 13.4. The lowest BCUT2D eigenvalue weighted by atomic mass is 9.37. The van der Waals surface area contributed by atoms with E-state index in [0.29, 0.717) is 34.7 Å². The number of aliphatic hydroxyl groups excluding tert-OH is 1. The largest absolute Gasteiger partial charge is 0.396 e. The Morgan fingerprint density at radius 3 is 2.39 bits per heavy atom. The summed E-state index contributed by atoms with van der Waals surface area (Å²) in [5, 5.41) is 9.67. The van der Waals surface area contributed by atoms with E-state index < -0.39 is 0 Å². The summed E-state index contributed by atoms with van der Waals surface area (Å²) >= 11 is 0. The van der Waals surface area contributed by atoms with E-state index in [4.69, 9.17) is 0 Å². The summed E-state index contributed by atoms with van der Waals surface area (Å²) in [5.41, 5.74) is 4.65. The van der Waals surface area contributed by atoms with Crippen molar-refractivity contribution in [1.82, 2.24) is 0 Å². The summed E-state index contributed by atoms with van der Waals surface area (Å²) in [6, 6.07) is 0. The van der Waals surface area contributed by atoms with Gasteiger partial charge in [0.25, 0.3) is 0 Å². The van der Waals surface area contributed by atoms with Crippen molar-refractivity contribution >= 4 is 0 Å². The number of allylic oxidation sites excluding steroid dienone is 3. The Bertz CT molecular complexity index is 748. The third-order valence-electron chi connectivity index (χ3n) is 12.0. The zero-order valence-corrected chi connectivity index (χ0v) is 21.7. The van der Waals surface area contributed by atoms with Gasteiger partial charge in [-0.3, -0.25) is 0 Å². The fraction of sp³-hybridized carbons (Fsp3) is 0.867. The average Bonchev–Trinajstić information content (AvgIpc) is 3.06. The van der Waals surface area contributed by atoms with Gasteiger partial charge in [0.1, 0.15) is 0 Å². The first kappa shape index (κ1) is 23.6. The molecule has 0 heterocycles. The van der Waals surface area contributed by atoms with Crippen LogP contribution in [-0.4, -0.2) is 11.7 Å². The second-order valence-electron chi connectivity index (χ2n) is 13.5. The molecule has 0 saturated heterocycles. The molecule has 8 atom stereocenters. The first-order valence-corrected chi connectivity index (χ1v) is 13.4. The Hall–Kier alpha value is -0.560. The van der Waals surface area contributed by atoms with Crippen LogP contribution in [0.5, 0.6) is 0 Å². The Kier molecular flexibility index (Phi) is 5.90. The predicted octanol–water partition coefficient (Wildman–Crippen LogP) is 8.19. The van der Waals surface area contributed by atoms with E-state index in [-0.39, 0.29) is 5.41 Å². The molecule has 0 unspecified atom stereocenters. The van der Waals surface area contributed by atoms with E-state index in [1.165, 1.54) is 50.5 Å². The maximum Gasteiger partial charge on any atom is 0.0431 e. The van der Waals surface area contributed by atoms with Gasteiger partial charge in [-0.15, -0.1) is 0 Å². The molecular formula is C30H50O. The third-order valence-corrected chi connectivity index (χ3v) is 12.0. The van der Waals surface area contributed by atoms with Gasteiger partial charge < -0.3 is 5.11 Å². The first-order chi connectivity index (χ1) is 14.5. The average molecular weight is 427 g/mol. The topological polar surface area (TPSA) is 20.2 Å². The highest BCUT2D eigenvalue weighted by Gasteiger charge is 2.67. The lowest BCUT2D eigenvalue weighted by Crippen LogP contribution is -2.60. The normalized spacial score (nSPS) is 49.3. The van der Waals surface area contributed by atoms with Crippen molar-refractivity contribution in [3.8, 4) is 0 Å². The second kappa shape index (κ2) is 7.75. The quantitative estimate of drug-likeness (QED) is 0.439. The van der Waals surface area contributed by atoms with Crippen LogP contribution in [0.15, 0.2) is 23.8 Å². The summed E-state index contributed by atoms with van der Waals surface area (Å²) in [7, 11) is 0. The number of rotatable bonds is 5. The molecule has 1 N–H and O–H groups in total. The van der Waals surface area contributed by atoms with Gasteiger partial charge in [-0.05, 0) is 116 Å². The Labute approximate surface area is 193 Å². The molecule has 4 aliphatic carbocycles. The summed E-state index contributed by atoms with van der Waals surface area (Å²) < 4.78 is 0. The van der Waals surface area contributed by atoms with Crippen LogP contribution >= 0.6 is 0 Å². The van der Waals surface area contributed by atoms with E-state index in [9.17, 15) is 5.11 Å². The van der Waals surface area contributed by atoms with Gasteiger partial charge in [0.15, 0.2) is 0 Å². The molecule has 0 spiro atoms. The summed E-state index contributed by atoms with van der Waals surface area (Å²) in [6.45, 7) is 22.5. The maximum absolute atomic E-state index is 9.67. The molecule has 4 rings (SSSR count). The Morgan fingerprint density at radius 1 is 1.06 bits per heavy atom. The van der Waals surface area contributed by atoms with Crippen LogP contribution in [0.3, 0.4) is 0 Å². The van der Waals surface area contributed by atoms with Crippen LogP contribution in [0.1, 0.15) is 106 Å². The molecule has 0 amide bonds. The van der Waals surface area contributed by atoms with Gasteiger partial charge in [-0.1, -0.05) is 65.3 Å². The van der Waals surface area contributed by atoms with Crippen molar-refractivity contribution in [2.45, 2.75) is 106 Å². The van der Waals surface area contributed by atoms with Gasteiger partial charge in [0, 0.05) is 6.61 Å². The van der Waals surface area contributed by atoms with Crippen LogP contribution in [-0.2, 0) is 0 Å². The molecule has 31 heavy (non-hydrogen) atoms. The van der Waals surface area contributed by atoms with Crippen LogP contribution in [0, 0.1) is 51.2 Å². The zero-order valence-electron chi connectivity index (χ0n) is 21.7. The molecule has 0 aromatic carbocycles. The van der Waals surface area contributed by atoms with Crippen molar-refractivity contribution in [3.63, 3.8) is 0 Å². The van der Waals surface area contributed by atoms with Gasteiger partial charge in [-0.2, -0.15) is 0 Å². The molecule has 0 radical (unpaired) electrons. The summed E-state index contributed by atoms with van der Waals surface area (Å²) in [4.78, 5) is 0. The fourth-order valence-corrected chi connectivity index (χ4v) is 10.2. The molecule has 3 saturated carbocycles. The number of aliphatic hydroxyl groups is 1. The van der Waals surface area contributed by atoms with Crippen LogP contribution in [0.25, 0.3) is 0 Å². The minimum Gasteiger partial charge on any atom is -0.396 e. The zero-order chi connectivity index (χ0) is 22.8. The highest BCUT2D eigenvalue weighted by Crippen LogP contribution is 2.75.